The van der Waals surface area contributed by atoms with Gasteiger partial charge >= 0.3 is 0 Å². The van der Waals surface area contributed by atoms with E-state index in [4.69, 9.17) is 0 Å². The number of aryl methyl sites for hydroxylation is 2. The van der Waals surface area contributed by atoms with E-state index in [-0.39, 0.29) is 5.41 Å². The van der Waals surface area contributed by atoms with Gasteiger partial charge < -0.3 is 5.11 Å². The summed E-state index contributed by atoms with van der Waals surface area (Å²) in [6.07, 6.45) is 4.57. The number of rotatable bonds is 4. The van der Waals surface area contributed by atoms with Crippen LogP contribution in [0.15, 0.2) is 4.47 Å². The van der Waals surface area contributed by atoms with Gasteiger partial charge in [0.1, 0.15) is 0 Å². The second-order valence-electron chi connectivity index (χ2n) is 7.63. The van der Waals surface area contributed by atoms with Crippen LogP contribution in [-0.2, 0) is 19.4 Å². The van der Waals surface area contributed by atoms with Crippen molar-refractivity contribution in [3.05, 3.63) is 15.9 Å². The van der Waals surface area contributed by atoms with Crippen molar-refractivity contribution in [1.82, 2.24) is 9.78 Å². The highest BCUT2D eigenvalue weighted by atomic mass is 79.9. The van der Waals surface area contributed by atoms with Crippen molar-refractivity contribution in [3.63, 3.8) is 0 Å². The Hall–Kier alpha value is -0.350. The van der Waals surface area contributed by atoms with Crippen molar-refractivity contribution in [2.45, 2.75) is 78.9 Å². The Morgan fingerprint density at radius 2 is 2.00 bits per heavy atom. The molecule has 2 unspecified atom stereocenters. The number of aromatic nitrogens is 2. The first-order valence-corrected chi connectivity index (χ1v) is 8.95. The maximum Gasteiger partial charge on any atom is 0.0766 e. The molecule has 1 fully saturated rings. The van der Waals surface area contributed by atoms with Crippen LogP contribution >= 0.6 is 15.9 Å². The molecule has 1 aromatic rings. The first kappa shape index (κ1) is 17.0. The van der Waals surface area contributed by atoms with Crippen molar-refractivity contribution in [3.8, 4) is 0 Å². The standard InChI is InChI=1S/C17H29BrN2O/c1-6-13-15(18)14(20(7-2)19-13)10-17(21)9-12(3)8-16(4,5)11-17/h12,21H,6-11H2,1-5H3. The van der Waals surface area contributed by atoms with Gasteiger partial charge in [-0.1, -0.05) is 27.7 Å². The van der Waals surface area contributed by atoms with Crippen LogP contribution in [0.25, 0.3) is 0 Å². The average Bonchev–Trinajstić information content (AvgIpc) is 2.62. The van der Waals surface area contributed by atoms with Crippen molar-refractivity contribution >= 4 is 15.9 Å². The molecule has 1 N–H and O–H groups in total. The molecule has 120 valence electrons. The summed E-state index contributed by atoms with van der Waals surface area (Å²) in [7, 11) is 0. The number of aliphatic hydroxyl groups is 1. The molecule has 0 bridgehead atoms. The molecule has 1 aromatic heterocycles. The van der Waals surface area contributed by atoms with Gasteiger partial charge in [-0.15, -0.1) is 0 Å². The van der Waals surface area contributed by atoms with E-state index < -0.39 is 5.60 Å². The molecule has 4 heteroatoms. The number of hydrogen-bond donors (Lipinski definition) is 1. The first-order valence-electron chi connectivity index (χ1n) is 8.16. The largest absolute Gasteiger partial charge is 0.389 e. The first-order chi connectivity index (χ1) is 9.69. The molecule has 2 atom stereocenters. The fourth-order valence-electron chi connectivity index (χ4n) is 4.33. The Balaban J connectivity index is 2.30. The van der Waals surface area contributed by atoms with Gasteiger partial charge in [0.15, 0.2) is 0 Å². The quantitative estimate of drug-likeness (QED) is 0.870. The summed E-state index contributed by atoms with van der Waals surface area (Å²) in [6.45, 7) is 11.9. The van der Waals surface area contributed by atoms with Crippen LogP contribution < -0.4 is 0 Å². The molecule has 0 spiro atoms. The maximum absolute atomic E-state index is 11.2. The van der Waals surface area contributed by atoms with Crippen LogP contribution in [0, 0.1) is 11.3 Å². The highest BCUT2D eigenvalue weighted by Crippen LogP contribution is 2.45. The minimum Gasteiger partial charge on any atom is -0.389 e. The second-order valence-corrected chi connectivity index (χ2v) is 8.43. The maximum atomic E-state index is 11.2. The summed E-state index contributed by atoms with van der Waals surface area (Å²) in [5, 5.41) is 15.9. The van der Waals surface area contributed by atoms with E-state index in [0.29, 0.717) is 12.3 Å². The highest BCUT2D eigenvalue weighted by Gasteiger charge is 2.42. The van der Waals surface area contributed by atoms with E-state index in [1.807, 2.05) is 4.68 Å². The fraction of sp³-hybridized carbons (Fsp3) is 0.824. The summed E-state index contributed by atoms with van der Waals surface area (Å²) >= 11 is 3.70. The zero-order valence-corrected chi connectivity index (χ0v) is 15.6. The lowest BCUT2D eigenvalue weighted by Crippen LogP contribution is -2.44. The molecule has 1 heterocycles. The Morgan fingerprint density at radius 3 is 2.52 bits per heavy atom. The SMILES string of the molecule is CCc1nn(CC)c(CC2(O)CC(C)CC(C)(C)C2)c1Br. The molecule has 2 rings (SSSR count). The van der Waals surface area contributed by atoms with E-state index in [1.54, 1.807) is 0 Å². The molecule has 1 saturated carbocycles. The minimum atomic E-state index is -0.609. The predicted octanol–water partition coefficient (Wildman–Crippen LogP) is 4.35. The van der Waals surface area contributed by atoms with Crippen LogP contribution in [0.4, 0.5) is 0 Å². The van der Waals surface area contributed by atoms with Gasteiger partial charge in [-0.05, 0) is 59.9 Å². The minimum absolute atomic E-state index is 0.212. The lowest BCUT2D eigenvalue weighted by Gasteiger charge is -2.44. The van der Waals surface area contributed by atoms with Gasteiger partial charge in [0.25, 0.3) is 0 Å². The van der Waals surface area contributed by atoms with Gasteiger partial charge in [0.2, 0.25) is 0 Å². The van der Waals surface area contributed by atoms with Gasteiger partial charge in [-0.25, -0.2) is 0 Å². The fourth-order valence-corrected chi connectivity index (χ4v) is 5.04. The topological polar surface area (TPSA) is 38.0 Å². The molecule has 0 aromatic carbocycles. The summed E-state index contributed by atoms with van der Waals surface area (Å²) in [4.78, 5) is 0. The third-order valence-electron chi connectivity index (χ3n) is 4.63. The Morgan fingerprint density at radius 1 is 1.33 bits per heavy atom. The lowest BCUT2D eigenvalue weighted by molar-refractivity contribution is -0.0587. The monoisotopic (exact) mass is 356 g/mol. The molecule has 21 heavy (non-hydrogen) atoms. The molecule has 1 aliphatic rings. The third-order valence-corrected chi connectivity index (χ3v) is 5.54. The molecule has 0 saturated heterocycles. The van der Waals surface area contributed by atoms with Gasteiger partial charge in [0.05, 0.1) is 21.5 Å². The molecular weight excluding hydrogens is 328 g/mol. The zero-order valence-electron chi connectivity index (χ0n) is 14.0. The van der Waals surface area contributed by atoms with Gasteiger partial charge in [-0.3, -0.25) is 4.68 Å². The predicted molar refractivity (Wildman–Crippen MR) is 90.4 cm³/mol. The average molecular weight is 357 g/mol. The Kier molecular flexibility index (Phi) is 4.89. The molecular formula is C17H29BrN2O. The van der Waals surface area contributed by atoms with Gasteiger partial charge in [0, 0.05) is 13.0 Å². The normalized spacial score (nSPS) is 28.8. The van der Waals surface area contributed by atoms with E-state index in [2.05, 4.69) is 55.6 Å². The molecule has 0 amide bonds. The second kappa shape index (κ2) is 6.04. The summed E-state index contributed by atoms with van der Waals surface area (Å²) in [5.41, 5.74) is 1.85. The summed E-state index contributed by atoms with van der Waals surface area (Å²) in [5.74, 6) is 0.571. The van der Waals surface area contributed by atoms with Crippen molar-refractivity contribution < 1.29 is 5.11 Å². The molecule has 0 aliphatic heterocycles. The van der Waals surface area contributed by atoms with Crippen molar-refractivity contribution in [2.24, 2.45) is 11.3 Å². The Labute approximate surface area is 137 Å². The van der Waals surface area contributed by atoms with Crippen LogP contribution in [0.5, 0.6) is 0 Å². The van der Waals surface area contributed by atoms with Crippen LogP contribution in [-0.4, -0.2) is 20.5 Å². The van der Waals surface area contributed by atoms with E-state index in [0.717, 1.165) is 41.7 Å². The summed E-state index contributed by atoms with van der Waals surface area (Å²) < 4.78 is 3.14. The molecule has 1 aliphatic carbocycles. The van der Waals surface area contributed by atoms with Gasteiger partial charge in [-0.2, -0.15) is 5.10 Å². The van der Waals surface area contributed by atoms with Crippen molar-refractivity contribution in [1.29, 1.82) is 0 Å². The number of hydrogen-bond acceptors (Lipinski definition) is 2. The molecule has 0 radical (unpaired) electrons. The van der Waals surface area contributed by atoms with E-state index in [1.165, 1.54) is 6.42 Å². The van der Waals surface area contributed by atoms with E-state index >= 15 is 0 Å². The molecule has 3 nitrogen and oxygen atoms in total. The number of nitrogens with zero attached hydrogens (tertiary/aromatic N) is 2. The lowest BCUT2D eigenvalue weighted by atomic mass is 9.64. The van der Waals surface area contributed by atoms with E-state index in [9.17, 15) is 5.11 Å². The van der Waals surface area contributed by atoms with Crippen LogP contribution in [0.2, 0.25) is 0 Å². The third kappa shape index (κ3) is 3.70. The van der Waals surface area contributed by atoms with Crippen LogP contribution in [0.3, 0.4) is 0 Å². The number of halogens is 1. The smallest absolute Gasteiger partial charge is 0.0766 e. The summed E-state index contributed by atoms with van der Waals surface area (Å²) in [6, 6.07) is 0. The van der Waals surface area contributed by atoms with Crippen molar-refractivity contribution in [2.75, 3.05) is 0 Å². The highest BCUT2D eigenvalue weighted by molar-refractivity contribution is 9.10. The Bertz CT molecular complexity index is 509. The zero-order chi connectivity index (χ0) is 15.8. The van der Waals surface area contributed by atoms with Crippen LogP contribution in [0.1, 0.15) is 65.3 Å².